The first-order chi connectivity index (χ1) is 35.9. The second-order valence-electron chi connectivity index (χ2n) is 22.8. The van der Waals surface area contributed by atoms with Gasteiger partial charge in [0.05, 0.1) is 0 Å². The number of ether oxygens (including phenoxy) is 1. The number of aryl methyl sites for hydroxylation is 1. The van der Waals surface area contributed by atoms with Gasteiger partial charge in [-0.2, -0.15) is 6.07 Å². The van der Waals surface area contributed by atoms with E-state index in [1.54, 1.807) is 12.1 Å². The first kappa shape index (κ1) is 52.2. The molecule has 7 heteroatoms. The van der Waals surface area contributed by atoms with Gasteiger partial charge in [0.25, 0.3) is 0 Å². The number of pyridine rings is 1. The van der Waals surface area contributed by atoms with Crippen LogP contribution in [0.3, 0.4) is 0 Å². The largest absolute Gasteiger partial charge is 0.509 e. The quantitative estimate of drug-likeness (QED) is 0.128. The number of anilines is 4. The van der Waals surface area contributed by atoms with E-state index in [4.69, 9.17) is 9.72 Å². The third-order valence-corrected chi connectivity index (χ3v) is 14.8. The van der Waals surface area contributed by atoms with Crippen molar-refractivity contribution in [1.29, 1.82) is 0 Å². The van der Waals surface area contributed by atoms with E-state index >= 15 is 0 Å². The van der Waals surface area contributed by atoms with E-state index in [2.05, 4.69) is 243 Å². The number of para-hydroxylation sites is 3. The SMILES string of the molecule is Cc1ccccc1-c1cc(Oc2[c-]c3c(cc2)c2ccccc2n3-c2cc(C(C)(C)C)ccn2)[c-]c(N2[CH-]N(c3c(-c4ccc(F)cc4)cc(C(C)(C)C)cc3-c3cc(C(C)C)cc(C(C)C)c3)c3ccccc32)c1.[Pt]. The molecule has 2 aromatic heterocycles. The molecule has 0 unspecified atom stereocenters. The summed E-state index contributed by atoms with van der Waals surface area (Å²) in [5.74, 6) is 2.32. The van der Waals surface area contributed by atoms with Crippen LogP contribution in [0.15, 0.2) is 170 Å². The Morgan fingerprint density at radius 1 is 0.553 bits per heavy atom. The first-order valence-electron chi connectivity index (χ1n) is 26.3. The number of fused-ring (bicyclic) bond motifs is 4. The van der Waals surface area contributed by atoms with Crippen LogP contribution in [0.1, 0.15) is 109 Å². The second kappa shape index (κ2) is 20.4. The molecule has 3 heterocycles. The van der Waals surface area contributed by atoms with Gasteiger partial charge in [-0.3, -0.25) is 0 Å². The fraction of sp³-hybridized carbons (Fsp3) is 0.217. The van der Waals surface area contributed by atoms with Crippen LogP contribution >= 0.6 is 0 Å². The van der Waals surface area contributed by atoms with Gasteiger partial charge in [-0.05, 0) is 134 Å². The standard InChI is InChI=1S/C69H64FN4O.Pt/c1-43(2)47-32-48(44(3)4)34-49(33-47)61-38-52(69(9,10)11)37-60(46-24-26-53(70)27-25-46)67(61)73-42-72(63-22-16-17-23-64(63)73)54-35-50(57-19-13-12-18-45(57)5)36-56(40-54)75-55-28-29-59-58-20-14-15-21-62(58)74(65(59)41-55)66-39-51(30-31-71-66)68(6,7)8;/h12-39,42-44H,1-11H3;/q-3;. The summed E-state index contributed by atoms with van der Waals surface area (Å²) in [6.07, 6.45) is 1.90. The summed E-state index contributed by atoms with van der Waals surface area (Å²) in [6.45, 7) is 26.9. The molecule has 11 rings (SSSR count). The van der Waals surface area contributed by atoms with Crippen molar-refractivity contribution in [2.45, 2.75) is 98.8 Å². The Balaban J connectivity index is 0.00000657. The van der Waals surface area contributed by atoms with E-state index < -0.39 is 0 Å². The van der Waals surface area contributed by atoms with Crippen LogP contribution in [-0.2, 0) is 31.9 Å². The molecule has 0 saturated heterocycles. The van der Waals surface area contributed by atoms with E-state index in [0.29, 0.717) is 23.3 Å². The van der Waals surface area contributed by atoms with Crippen LogP contribution in [-0.4, -0.2) is 9.55 Å². The molecule has 0 fully saturated rings. The monoisotopic (exact) mass is 1180 g/mol. The molecule has 76 heavy (non-hydrogen) atoms. The average Bonchev–Trinajstić information content (AvgIpc) is 3.94. The summed E-state index contributed by atoms with van der Waals surface area (Å²) >= 11 is 0. The van der Waals surface area contributed by atoms with E-state index in [9.17, 15) is 4.39 Å². The summed E-state index contributed by atoms with van der Waals surface area (Å²) < 4.78 is 24.0. The molecule has 0 spiro atoms. The number of hydrogen-bond donors (Lipinski definition) is 0. The number of hydrogen-bond acceptors (Lipinski definition) is 4. The molecule has 10 aromatic rings. The fourth-order valence-electron chi connectivity index (χ4n) is 10.4. The van der Waals surface area contributed by atoms with Crippen molar-refractivity contribution < 1.29 is 30.2 Å². The minimum absolute atomic E-state index is 0. The molecular formula is C69H64FN4OPt-3. The van der Waals surface area contributed by atoms with Crippen LogP contribution in [0.5, 0.6) is 11.5 Å². The summed E-state index contributed by atoms with van der Waals surface area (Å²) in [5, 5.41) is 2.18. The number of rotatable bonds is 10. The molecule has 1 aliphatic heterocycles. The molecule has 0 aliphatic carbocycles. The number of aromatic nitrogens is 2. The number of halogens is 1. The summed E-state index contributed by atoms with van der Waals surface area (Å²) in [5.41, 5.74) is 17.9. The van der Waals surface area contributed by atoms with Crippen LogP contribution in [0.2, 0.25) is 0 Å². The Bertz CT molecular complexity index is 3770. The Kier molecular flexibility index (Phi) is 14.0. The second-order valence-corrected chi connectivity index (χ2v) is 22.8. The van der Waals surface area contributed by atoms with Gasteiger partial charge in [0.15, 0.2) is 0 Å². The fourth-order valence-corrected chi connectivity index (χ4v) is 10.4. The van der Waals surface area contributed by atoms with Crippen LogP contribution in [0.25, 0.3) is 61.0 Å². The van der Waals surface area contributed by atoms with Crippen molar-refractivity contribution in [3.8, 4) is 50.7 Å². The molecule has 0 N–H and O–H groups in total. The minimum Gasteiger partial charge on any atom is -0.509 e. The molecule has 386 valence electrons. The number of nitrogens with zero attached hydrogens (tertiary/aromatic N) is 4. The van der Waals surface area contributed by atoms with E-state index in [0.717, 1.165) is 89.3 Å². The van der Waals surface area contributed by atoms with Crippen molar-refractivity contribution in [2.75, 3.05) is 9.80 Å². The van der Waals surface area contributed by atoms with Crippen LogP contribution < -0.4 is 14.5 Å². The van der Waals surface area contributed by atoms with Gasteiger partial charge < -0.3 is 19.1 Å². The Morgan fingerprint density at radius 3 is 1.84 bits per heavy atom. The van der Waals surface area contributed by atoms with Gasteiger partial charge >= 0.3 is 0 Å². The summed E-state index contributed by atoms with van der Waals surface area (Å²) in [4.78, 5) is 9.47. The van der Waals surface area contributed by atoms with Gasteiger partial charge in [0.1, 0.15) is 11.6 Å². The maximum Gasteiger partial charge on any atom is 0.135 e. The maximum atomic E-state index is 14.9. The van der Waals surface area contributed by atoms with E-state index in [1.807, 2.05) is 24.4 Å². The zero-order valence-electron chi connectivity index (χ0n) is 45.3. The van der Waals surface area contributed by atoms with Gasteiger partial charge in [0, 0.05) is 72.5 Å². The molecule has 0 amide bonds. The molecule has 1 aliphatic rings. The third kappa shape index (κ3) is 9.89. The number of benzene rings is 8. The Hall–Kier alpha value is -7.27. The van der Waals surface area contributed by atoms with Crippen LogP contribution in [0, 0.1) is 31.5 Å². The van der Waals surface area contributed by atoms with Gasteiger partial charge in [0.2, 0.25) is 0 Å². The van der Waals surface area contributed by atoms with Crippen LogP contribution in [0.4, 0.5) is 27.1 Å². The molecule has 8 aromatic carbocycles. The van der Waals surface area contributed by atoms with Crippen molar-refractivity contribution in [3.63, 3.8) is 0 Å². The third-order valence-electron chi connectivity index (χ3n) is 14.8. The topological polar surface area (TPSA) is 33.5 Å². The molecule has 0 radical (unpaired) electrons. The molecule has 0 bridgehead atoms. The Labute approximate surface area is 463 Å². The minimum atomic E-state index is -0.270. The zero-order chi connectivity index (χ0) is 52.5. The Morgan fingerprint density at radius 2 is 1.17 bits per heavy atom. The zero-order valence-corrected chi connectivity index (χ0v) is 47.6. The van der Waals surface area contributed by atoms with Gasteiger partial charge in [-0.1, -0.05) is 160 Å². The molecule has 5 nitrogen and oxygen atoms in total. The van der Waals surface area contributed by atoms with E-state index in [1.165, 1.54) is 22.3 Å². The van der Waals surface area contributed by atoms with Crippen molar-refractivity contribution in [3.05, 3.63) is 222 Å². The van der Waals surface area contributed by atoms with Crippen molar-refractivity contribution in [1.82, 2.24) is 9.55 Å². The maximum absolute atomic E-state index is 14.9. The van der Waals surface area contributed by atoms with E-state index in [-0.39, 0.29) is 37.7 Å². The smallest absolute Gasteiger partial charge is 0.135 e. The molecule has 0 atom stereocenters. The van der Waals surface area contributed by atoms with Crippen molar-refractivity contribution in [2.24, 2.45) is 0 Å². The summed E-state index contributed by atoms with van der Waals surface area (Å²) in [7, 11) is 0. The van der Waals surface area contributed by atoms with Gasteiger partial charge in [-0.15, -0.1) is 53.6 Å². The van der Waals surface area contributed by atoms with Crippen molar-refractivity contribution >= 4 is 44.6 Å². The van der Waals surface area contributed by atoms with Gasteiger partial charge in [-0.25, -0.2) is 9.37 Å². The predicted octanol–water partition coefficient (Wildman–Crippen LogP) is 19.3. The predicted molar refractivity (Wildman–Crippen MR) is 311 cm³/mol. The summed E-state index contributed by atoms with van der Waals surface area (Å²) in [6, 6.07) is 64.4. The average molecular weight is 1180 g/mol. The first-order valence-corrected chi connectivity index (χ1v) is 26.3. The normalized spacial score (nSPS) is 12.8. The molecular weight excluding hydrogens is 1110 g/mol. The molecule has 0 saturated carbocycles.